The van der Waals surface area contributed by atoms with Gasteiger partial charge >= 0.3 is 0 Å². The summed E-state index contributed by atoms with van der Waals surface area (Å²) in [4.78, 5) is 0. The van der Waals surface area contributed by atoms with Gasteiger partial charge in [-0.1, -0.05) is 35.0 Å². The van der Waals surface area contributed by atoms with E-state index in [9.17, 15) is 0 Å². The molecule has 3 rings (SSSR count). The third-order valence-corrected chi connectivity index (χ3v) is 4.11. The van der Waals surface area contributed by atoms with Crippen LogP contribution in [0, 0.1) is 0 Å². The molecule has 2 unspecified atom stereocenters. The molecular formula is C16H15BrO2. The van der Waals surface area contributed by atoms with Crippen molar-refractivity contribution in [1.29, 1.82) is 0 Å². The third kappa shape index (κ3) is 2.23. The second-order valence-corrected chi connectivity index (χ2v) is 5.70. The van der Waals surface area contributed by atoms with Crippen LogP contribution in [0.5, 0.6) is 11.5 Å². The van der Waals surface area contributed by atoms with Gasteiger partial charge in [-0.3, -0.25) is 0 Å². The molecule has 0 radical (unpaired) electrons. The summed E-state index contributed by atoms with van der Waals surface area (Å²) in [6.45, 7) is 2.20. The fourth-order valence-electron chi connectivity index (χ4n) is 2.53. The minimum atomic E-state index is 0.0789. The second kappa shape index (κ2) is 4.89. The quantitative estimate of drug-likeness (QED) is 0.799. The van der Waals surface area contributed by atoms with Gasteiger partial charge in [-0.05, 0) is 35.9 Å². The Bertz CT molecular complexity index is 592. The average molecular weight is 319 g/mol. The summed E-state index contributed by atoms with van der Waals surface area (Å²) in [6.07, 6.45) is 0.0789. The van der Waals surface area contributed by atoms with Gasteiger partial charge in [0, 0.05) is 16.0 Å². The summed E-state index contributed by atoms with van der Waals surface area (Å²) in [7, 11) is 1.68. The molecule has 2 aromatic rings. The standard InChI is InChI=1S/C16H15BrO2/c1-10-14-9-12(17)5-8-15(14)19-16(10)11-3-6-13(18-2)7-4-11/h3-10,16H,1-2H3. The number of methoxy groups -OCH3 is 1. The van der Waals surface area contributed by atoms with Gasteiger partial charge in [0.2, 0.25) is 0 Å². The molecule has 2 atom stereocenters. The zero-order chi connectivity index (χ0) is 13.4. The second-order valence-electron chi connectivity index (χ2n) is 4.78. The first-order valence-electron chi connectivity index (χ1n) is 6.29. The fourth-order valence-corrected chi connectivity index (χ4v) is 2.91. The van der Waals surface area contributed by atoms with Crippen molar-refractivity contribution in [2.24, 2.45) is 0 Å². The van der Waals surface area contributed by atoms with Crippen molar-refractivity contribution < 1.29 is 9.47 Å². The van der Waals surface area contributed by atoms with Crippen LogP contribution in [-0.4, -0.2) is 7.11 Å². The van der Waals surface area contributed by atoms with Crippen LogP contribution in [0.25, 0.3) is 0 Å². The van der Waals surface area contributed by atoms with Crippen molar-refractivity contribution in [3.05, 3.63) is 58.1 Å². The highest BCUT2D eigenvalue weighted by molar-refractivity contribution is 9.10. The van der Waals surface area contributed by atoms with Gasteiger partial charge in [0.05, 0.1) is 7.11 Å². The zero-order valence-electron chi connectivity index (χ0n) is 10.9. The van der Waals surface area contributed by atoms with Gasteiger partial charge < -0.3 is 9.47 Å². The molecule has 1 heterocycles. The number of benzene rings is 2. The van der Waals surface area contributed by atoms with E-state index in [0.717, 1.165) is 16.0 Å². The van der Waals surface area contributed by atoms with E-state index in [4.69, 9.17) is 9.47 Å². The lowest BCUT2D eigenvalue weighted by Crippen LogP contribution is -2.07. The summed E-state index contributed by atoms with van der Waals surface area (Å²) in [6, 6.07) is 14.3. The van der Waals surface area contributed by atoms with E-state index < -0.39 is 0 Å². The van der Waals surface area contributed by atoms with Gasteiger partial charge in [0.25, 0.3) is 0 Å². The van der Waals surface area contributed by atoms with Gasteiger partial charge in [0.1, 0.15) is 17.6 Å². The Morgan fingerprint density at radius 3 is 2.53 bits per heavy atom. The van der Waals surface area contributed by atoms with Crippen LogP contribution in [0.3, 0.4) is 0 Å². The van der Waals surface area contributed by atoms with E-state index in [1.54, 1.807) is 7.11 Å². The maximum Gasteiger partial charge on any atom is 0.130 e. The molecular weight excluding hydrogens is 304 g/mol. The molecule has 0 aromatic heterocycles. The number of hydrogen-bond donors (Lipinski definition) is 0. The SMILES string of the molecule is COc1ccc(C2Oc3ccc(Br)cc3C2C)cc1. The van der Waals surface area contributed by atoms with Crippen molar-refractivity contribution in [2.75, 3.05) is 7.11 Å². The van der Waals surface area contributed by atoms with Crippen LogP contribution < -0.4 is 9.47 Å². The summed E-state index contributed by atoms with van der Waals surface area (Å²) in [5, 5.41) is 0. The lowest BCUT2D eigenvalue weighted by molar-refractivity contribution is 0.216. The third-order valence-electron chi connectivity index (χ3n) is 3.61. The Hall–Kier alpha value is -1.48. The largest absolute Gasteiger partial charge is 0.497 e. The summed E-state index contributed by atoms with van der Waals surface area (Å²) in [5.41, 5.74) is 2.44. The molecule has 1 aliphatic heterocycles. The molecule has 0 spiro atoms. The van der Waals surface area contributed by atoms with Gasteiger partial charge in [-0.15, -0.1) is 0 Å². The zero-order valence-corrected chi connectivity index (χ0v) is 12.5. The molecule has 0 fully saturated rings. The van der Waals surface area contributed by atoms with Crippen molar-refractivity contribution >= 4 is 15.9 Å². The Labute approximate surface area is 121 Å². The Kier molecular flexibility index (Phi) is 3.23. The van der Waals surface area contributed by atoms with Crippen molar-refractivity contribution in [1.82, 2.24) is 0 Å². The molecule has 1 aliphatic rings. The Balaban J connectivity index is 1.92. The first-order valence-corrected chi connectivity index (χ1v) is 7.08. The maximum atomic E-state index is 6.07. The number of halogens is 1. The first kappa shape index (κ1) is 12.5. The van der Waals surface area contributed by atoms with Crippen molar-refractivity contribution in [3.8, 4) is 11.5 Å². The lowest BCUT2D eigenvalue weighted by atomic mass is 9.93. The minimum absolute atomic E-state index is 0.0789. The Morgan fingerprint density at radius 2 is 1.84 bits per heavy atom. The highest BCUT2D eigenvalue weighted by Gasteiger charge is 2.32. The van der Waals surface area contributed by atoms with E-state index >= 15 is 0 Å². The van der Waals surface area contributed by atoms with E-state index in [0.29, 0.717) is 5.92 Å². The highest BCUT2D eigenvalue weighted by atomic mass is 79.9. The molecule has 0 N–H and O–H groups in total. The molecule has 19 heavy (non-hydrogen) atoms. The lowest BCUT2D eigenvalue weighted by Gasteiger charge is -2.16. The van der Waals surface area contributed by atoms with E-state index in [1.165, 1.54) is 11.1 Å². The predicted octanol–water partition coefficient (Wildman–Crippen LogP) is 4.69. The highest BCUT2D eigenvalue weighted by Crippen LogP contribution is 2.46. The van der Waals surface area contributed by atoms with Crippen LogP contribution in [0.1, 0.15) is 30.1 Å². The fraction of sp³-hybridized carbons (Fsp3) is 0.250. The monoisotopic (exact) mass is 318 g/mol. The van der Waals surface area contributed by atoms with Crippen LogP contribution in [0.2, 0.25) is 0 Å². The molecule has 3 heteroatoms. The molecule has 0 amide bonds. The average Bonchev–Trinajstić information content (AvgIpc) is 2.76. The van der Waals surface area contributed by atoms with Crippen LogP contribution in [0.15, 0.2) is 46.9 Å². The number of hydrogen-bond acceptors (Lipinski definition) is 2. The van der Waals surface area contributed by atoms with Gasteiger partial charge in [-0.2, -0.15) is 0 Å². The van der Waals surface area contributed by atoms with Crippen LogP contribution in [0.4, 0.5) is 0 Å². The number of ether oxygens (including phenoxy) is 2. The van der Waals surface area contributed by atoms with Gasteiger partial charge in [0.15, 0.2) is 0 Å². The Morgan fingerprint density at radius 1 is 1.11 bits per heavy atom. The molecule has 0 bridgehead atoms. The van der Waals surface area contributed by atoms with Crippen molar-refractivity contribution in [3.63, 3.8) is 0 Å². The molecule has 0 aliphatic carbocycles. The molecule has 2 nitrogen and oxygen atoms in total. The summed E-state index contributed by atoms with van der Waals surface area (Å²) in [5.74, 6) is 2.20. The van der Waals surface area contributed by atoms with Crippen LogP contribution in [-0.2, 0) is 0 Å². The van der Waals surface area contributed by atoms with E-state index in [1.807, 2.05) is 24.3 Å². The van der Waals surface area contributed by atoms with E-state index in [2.05, 4.69) is 41.1 Å². The first-order chi connectivity index (χ1) is 9.19. The topological polar surface area (TPSA) is 18.5 Å². The normalized spacial score (nSPS) is 20.8. The summed E-state index contributed by atoms with van der Waals surface area (Å²) >= 11 is 3.52. The number of fused-ring (bicyclic) bond motifs is 1. The van der Waals surface area contributed by atoms with Crippen LogP contribution >= 0.6 is 15.9 Å². The maximum absolute atomic E-state index is 6.07. The molecule has 98 valence electrons. The molecule has 0 saturated carbocycles. The predicted molar refractivity (Wildman–Crippen MR) is 78.9 cm³/mol. The molecule has 0 saturated heterocycles. The smallest absolute Gasteiger partial charge is 0.130 e. The summed E-state index contributed by atoms with van der Waals surface area (Å²) < 4.78 is 12.4. The minimum Gasteiger partial charge on any atom is -0.497 e. The van der Waals surface area contributed by atoms with E-state index in [-0.39, 0.29) is 6.10 Å². The molecule has 2 aromatic carbocycles. The van der Waals surface area contributed by atoms with Crippen molar-refractivity contribution in [2.45, 2.75) is 18.9 Å². The number of rotatable bonds is 2. The van der Waals surface area contributed by atoms with Gasteiger partial charge in [-0.25, -0.2) is 0 Å².